The Bertz CT molecular complexity index is 458. The van der Waals surface area contributed by atoms with Crippen molar-refractivity contribution in [2.45, 2.75) is 6.61 Å². The van der Waals surface area contributed by atoms with Gasteiger partial charge in [-0.25, -0.2) is 4.39 Å². The zero-order valence-electron chi connectivity index (χ0n) is 7.81. The van der Waals surface area contributed by atoms with Crippen molar-refractivity contribution in [1.82, 2.24) is 4.37 Å². The van der Waals surface area contributed by atoms with Crippen molar-refractivity contribution < 1.29 is 9.13 Å². The second-order valence-corrected chi connectivity index (χ2v) is 3.79. The van der Waals surface area contributed by atoms with Gasteiger partial charge in [-0.15, -0.1) is 0 Å². The molecule has 1 heterocycles. The van der Waals surface area contributed by atoms with E-state index < -0.39 is 0 Å². The molecule has 0 saturated carbocycles. The summed E-state index contributed by atoms with van der Waals surface area (Å²) in [5.41, 5.74) is 6.46. The second kappa shape index (κ2) is 4.27. The van der Waals surface area contributed by atoms with Gasteiger partial charge in [0.15, 0.2) is 0 Å². The Morgan fingerprint density at radius 1 is 1.47 bits per heavy atom. The number of nitrogen functional groups attached to an aromatic ring is 1. The van der Waals surface area contributed by atoms with Crippen LogP contribution in [0, 0.1) is 5.82 Å². The molecule has 2 rings (SSSR count). The SMILES string of the molecule is Nc1sncc1COc1cccc(F)c1. The molecule has 0 fully saturated rings. The average Bonchev–Trinajstić information content (AvgIpc) is 2.61. The first-order chi connectivity index (χ1) is 7.25. The molecule has 1 aromatic heterocycles. The minimum absolute atomic E-state index is 0.311. The van der Waals surface area contributed by atoms with Crippen molar-refractivity contribution in [3.05, 3.63) is 41.8 Å². The fraction of sp³-hybridized carbons (Fsp3) is 0.100. The smallest absolute Gasteiger partial charge is 0.126 e. The second-order valence-electron chi connectivity index (χ2n) is 2.96. The molecule has 0 amide bonds. The van der Waals surface area contributed by atoms with Crippen molar-refractivity contribution in [2.24, 2.45) is 0 Å². The molecule has 3 nitrogen and oxygen atoms in total. The Kier molecular flexibility index (Phi) is 2.82. The van der Waals surface area contributed by atoms with Gasteiger partial charge in [0, 0.05) is 17.8 Å². The number of nitrogens with zero attached hydrogens (tertiary/aromatic N) is 1. The molecular formula is C10H9FN2OS. The van der Waals surface area contributed by atoms with E-state index in [1.165, 1.54) is 23.7 Å². The fourth-order valence-corrected chi connectivity index (χ4v) is 1.62. The minimum Gasteiger partial charge on any atom is -0.489 e. The van der Waals surface area contributed by atoms with E-state index in [2.05, 4.69) is 4.37 Å². The third-order valence-corrected chi connectivity index (χ3v) is 2.54. The average molecular weight is 224 g/mol. The summed E-state index contributed by atoms with van der Waals surface area (Å²) in [6.45, 7) is 0.311. The first-order valence-electron chi connectivity index (χ1n) is 4.33. The predicted octanol–water partition coefficient (Wildman–Crippen LogP) is 2.44. The Labute approximate surface area is 90.5 Å². The highest BCUT2D eigenvalue weighted by molar-refractivity contribution is 7.10. The van der Waals surface area contributed by atoms with Crippen LogP contribution < -0.4 is 10.5 Å². The van der Waals surface area contributed by atoms with Crippen LogP contribution in [0.4, 0.5) is 9.39 Å². The van der Waals surface area contributed by atoms with E-state index in [-0.39, 0.29) is 5.82 Å². The first-order valence-corrected chi connectivity index (χ1v) is 5.10. The lowest BCUT2D eigenvalue weighted by Crippen LogP contribution is -1.97. The van der Waals surface area contributed by atoms with Crippen molar-refractivity contribution in [2.75, 3.05) is 5.73 Å². The highest BCUT2D eigenvalue weighted by Crippen LogP contribution is 2.19. The molecule has 2 aromatic rings. The molecule has 0 aliphatic carbocycles. The Balaban J connectivity index is 2.02. The summed E-state index contributed by atoms with van der Waals surface area (Å²) in [6.07, 6.45) is 1.65. The molecule has 0 saturated heterocycles. The van der Waals surface area contributed by atoms with Crippen LogP contribution in [0.25, 0.3) is 0 Å². The number of hydrogen-bond donors (Lipinski definition) is 1. The molecule has 0 unspecified atom stereocenters. The monoisotopic (exact) mass is 224 g/mol. The normalized spacial score (nSPS) is 10.2. The van der Waals surface area contributed by atoms with E-state index in [0.29, 0.717) is 17.4 Å². The van der Waals surface area contributed by atoms with Gasteiger partial charge in [-0.2, -0.15) is 4.37 Å². The number of ether oxygens (including phenoxy) is 1. The van der Waals surface area contributed by atoms with Gasteiger partial charge in [0.25, 0.3) is 0 Å². The lowest BCUT2D eigenvalue weighted by molar-refractivity contribution is 0.305. The standard InChI is InChI=1S/C10H9FN2OS/c11-8-2-1-3-9(4-8)14-6-7-5-13-15-10(7)12/h1-5H,6,12H2. The summed E-state index contributed by atoms with van der Waals surface area (Å²) >= 11 is 1.22. The van der Waals surface area contributed by atoms with Crippen molar-refractivity contribution in [1.29, 1.82) is 0 Å². The Morgan fingerprint density at radius 2 is 2.33 bits per heavy atom. The van der Waals surface area contributed by atoms with Crippen molar-refractivity contribution in [3.8, 4) is 5.75 Å². The Morgan fingerprint density at radius 3 is 3.00 bits per heavy atom. The van der Waals surface area contributed by atoms with E-state index in [1.54, 1.807) is 18.3 Å². The zero-order valence-corrected chi connectivity index (χ0v) is 8.63. The van der Waals surface area contributed by atoms with Gasteiger partial charge in [-0.3, -0.25) is 0 Å². The van der Waals surface area contributed by atoms with E-state index in [0.717, 1.165) is 5.56 Å². The molecule has 78 valence electrons. The van der Waals surface area contributed by atoms with E-state index in [9.17, 15) is 4.39 Å². The third kappa shape index (κ3) is 2.44. The number of halogens is 1. The first kappa shape index (κ1) is 9.92. The molecule has 0 radical (unpaired) electrons. The molecule has 0 aliphatic rings. The highest BCUT2D eigenvalue weighted by Gasteiger charge is 2.03. The zero-order chi connectivity index (χ0) is 10.7. The number of aromatic nitrogens is 1. The topological polar surface area (TPSA) is 48.1 Å². The van der Waals surface area contributed by atoms with Crippen LogP contribution in [0.15, 0.2) is 30.5 Å². The maximum Gasteiger partial charge on any atom is 0.126 e. The predicted molar refractivity (Wildman–Crippen MR) is 57.3 cm³/mol. The maximum atomic E-state index is 12.8. The molecule has 0 bridgehead atoms. The van der Waals surface area contributed by atoms with Gasteiger partial charge in [-0.05, 0) is 23.7 Å². The van der Waals surface area contributed by atoms with Crippen LogP contribution in [-0.4, -0.2) is 4.37 Å². The molecule has 0 atom stereocenters. The number of nitrogens with two attached hydrogens (primary N) is 1. The van der Waals surface area contributed by atoms with Crippen LogP contribution in [0.3, 0.4) is 0 Å². The van der Waals surface area contributed by atoms with Crippen LogP contribution in [0.2, 0.25) is 0 Å². The third-order valence-electron chi connectivity index (χ3n) is 1.87. The van der Waals surface area contributed by atoms with E-state index in [1.807, 2.05) is 0 Å². The minimum atomic E-state index is -0.316. The number of rotatable bonds is 3. The molecule has 0 aliphatic heterocycles. The summed E-state index contributed by atoms with van der Waals surface area (Å²) in [6, 6.07) is 5.99. The molecule has 0 spiro atoms. The van der Waals surface area contributed by atoms with E-state index >= 15 is 0 Å². The van der Waals surface area contributed by atoms with E-state index in [4.69, 9.17) is 10.5 Å². The van der Waals surface area contributed by atoms with Gasteiger partial charge in [0.1, 0.15) is 23.2 Å². The lowest BCUT2D eigenvalue weighted by Gasteiger charge is -2.04. The van der Waals surface area contributed by atoms with Gasteiger partial charge < -0.3 is 10.5 Å². The van der Waals surface area contributed by atoms with Crippen molar-refractivity contribution in [3.63, 3.8) is 0 Å². The molecule has 2 N–H and O–H groups in total. The largest absolute Gasteiger partial charge is 0.489 e. The summed E-state index contributed by atoms with van der Waals surface area (Å²) in [5, 5.41) is 0.631. The van der Waals surface area contributed by atoms with Gasteiger partial charge in [-0.1, -0.05) is 6.07 Å². The van der Waals surface area contributed by atoms with Crippen molar-refractivity contribution >= 4 is 16.5 Å². The summed E-state index contributed by atoms with van der Waals surface area (Å²) in [7, 11) is 0. The summed E-state index contributed by atoms with van der Waals surface area (Å²) in [4.78, 5) is 0. The molecule has 1 aromatic carbocycles. The lowest BCUT2D eigenvalue weighted by atomic mass is 10.3. The summed E-state index contributed by atoms with van der Waals surface area (Å²) < 4.78 is 22.1. The molecular weight excluding hydrogens is 215 g/mol. The number of benzene rings is 1. The molecule has 15 heavy (non-hydrogen) atoms. The van der Waals surface area contributed by atoms with Crippen LogP contribution in [0.5, 0.6) is 5.75 Å². The fourth-order valence-electron chi connectivity index (χ4n) is 1.10. The maximum absolute atomic E-state index is 12.8. The number of anilines is 1. The Hall–Kier alpha value is -1.62. The van der Waals surface area contributed by atoms with Gasteiger partial charge in [0.05, 0.1) is 0 Å². The number of hydrogen-bond acceptors (Lipinski definition) is 4. The van der Waals surface area contributed by atoms with Crippen LogP contribution in [-0.2, 0) is 6.61 Å². The summed E-state index contributed by atoms with van der Waals surface area (Å²) in [5.74, 6) is 0.171. The highest BCUT2D eigenvalue weighted by atomic mass is 32.1. The van der Waals surface area contributed by atoms with Crippen LogP contribution >= 0.6 is 11.5 Å². The van der Waals surface area contributed by atoms with Crippen LogP contribution in [0.1, 0.15) is 5.56 Å². The quantitative estimate of drug-likeness (QED) is 0.871. The molecule has 5 heteroatoms. The van der Waals surface area contributed by atoms with Gasteiger partial charge in [0.2, 0.25) is 0 Å². The van der Waals surface area contributed by atoms with Gasteiger partial charge >= 0.3 is 0 Å².